The SMILES string of the molecule is COCCNCc1ccc(OCc2cccc(O)c2)cn1. The van der Waals surface area contributed by atoms with Gasteiger partial charge in [0.15, 0.2) is 0 Å². The van der Waals surface area contributed by atoms with E-state index in [1.807, 2.05) is 18.2 Å². The van der Waals surface area contributed by atoms with E-state index < -0.39 is 0 Å². The minimum absolute atomic E-state index is 0.242. The van der Waals surface area contributed by atoms with Gasteiger partial charge in [0.1, 0.15) is 18.1 Å². The van der Waals surface area contributed by atoms with E-state index in [9.17, 15) is 5.11 Å². The lowest BCUT2D eigenvalue weighted by Gasteiger charge is -2.08. The topological polar surface area (TPSA) is 63.6 Å². The number of methoxy groups -OCH3 is 1. The normalized spacial score (nSPS) is 10.5. The molecule has 0 unspecified atom stereocenters. The Bertz CT molecular complexity index is 543. The molecule has 1 heterocycles. The first kappa shape index (κ1) is 15.3. The molecule has 2 aromatic rings. The Morgan fingerprint density at radius 2 is 2.14 bits per heavy atom. The molecular weight excluding hydrogens is 268 g/mol. The fraction of sp³-hybridized carbons (Fsp3) is 0.312. The second kappa shape index (κ2) is 8.24. The van der Waals surface area contributed by atoms with Crippen molar-refractivity contribution >= 4 is 0 Å². The fourth-order valence-electron chi connectivity index (χ4n) is 1.80. The number of aromatic nitrogens is 1. The highest BCUT2D eigenvalue weighted by Gasteiger charge is 1.99. The van der Waals surface area contributed by atoms with E-state index >= 15 is 0 Å². The fourth-order valence-corrected chi connectivity index (χ4v) is 1.80. The smallest absolute Gasteiger partial charge is 0.138 e. The summed E-state index contributed by atoms with van der Waals surface area (Å²) in [6.07, 6.45) is 1.70. The van der Waals surface area contributed by atoms with Gasteiger partial charge in [0.25, 0.3) is 0 Å². The molecule has 1 aromatic carbocycles. The monoisotopic (exact) mass is 288 g/mol. The van der Waals surface area contributed by atoms with Crippen molar-refractivity contribution in [2.75, 3.05) is 20.3 Å². The average molecular weight is 288 g/mol. The largest absolute Gasteiger partial charge is 0.508 e. The predicted molar refractivity (Wildman–Crippen MR) is 80.3 cm³/mol. The van der Waals surface area contributed by atoms with Crippen LogP contribution in [0.25, 0.3) is 0 Å². The van der Waals surface area contributed by atoms with Crippen molar-refractivity contribution in [1.82, 2.24) is 10.3 Å². The number of benzene rings is 1. The second-order valence-electron chi connectivity index (χ2n) is 4.61. The summed E-state index contributed by atoms with van der Waals surface area (Å²) in [4.78, 5) is 4.33. The molecule has 21 heavy (non-hydrogen) atoms. The Kier molecular flexibility index (Phi) is 5.99. The van der Waals surface area contributed by atoms with E-state index in [1.165, 1.54) is 0 Å². The van der Waals surface area contributed by atoms with Crippen molar-refractivity contribution in [3.8, 4) is 11.5 Å². The summed E-state index contributed by atoms with van der Waals surface area (Å²) in [6, 6.07) is 10.8. The van der Waals surface area contributed by atoms with Crippen LogP contribution in [0.5, 0.6) is 11.5 Å². The summed E-state index contributed by atoms with van der Waals surface area (Å²) in [7, 11) is 1.68. The number of nitrogens with zero attached hydrogens (tertiary/aromatic N) is 1. The van der Waals surface area contributed by atoms with Crippen LogP contribution in [0.4, 0.5) is 0 Å². The van der Waals surface area contributed by atoms with E-state index in [-0.39, 0.29) is 5.75 Å². The van der Waals surface area contributed by atoms with Gasteiger partial charge in [-0.1, -0.05) is 12.1 Å². The number of hydrogen-bond donors (Lipinski definition) is 2. The molecule has 0 bridgehead atoms. The number of aromatic hydroxyl groups is 1. The van der Waals surface area contributed by atoms with Gasteiger partial charge in [-0.2, -0.15) is 0 Å². The van der Waals surface area contributed by atoms with Crippen molar-refractivity contribution in [3.63, 3.8) is 0 Å². The van der Waals surface area contributed by atoms with Crippen LogP contribution in [-0.4, -0.2) is 30.4 Å². The zero-order chi connectivity index (χ0) is 14.9. The molecule has 0 aliphatic heterocycles. The molecule has 0 saturated carbocycles. The van der Waals surface area contributed by atoms with Crippen LogP contribution in [0, 0.1) is 0 Å². The van der Waals surface area contributed by atoms with Crippen LogP contribution in [0.2, 0.25) is 0 Å². The highest BCUT2D eigenvalue weighted by Crippen LogP contribution is 2.15. The van der Waals surface area contributed by atoms with Crippen LogP contribution >= 0.6 is 0 Å². The van der Waals surface area contributed by atoms with Crippen molar-refractivity contribution in [1.29, 1.82) is 0 Å². The maximum atomic E-state index is 9.38. The summed E-state index contributed by atoms with van der Waals surface area (Å²) in [6.45, 7) is 2.59. The lowest BCUT2D eigenvalue weighted by atomic mass is 10.2. The number of phenolic OH excluding ortho intramolecular Hbond substituents is 1. The maximum absolute atomic E-state index is 9.38. The molecule has 0 aliphatic rings. The minimum atomic E-state index is 0.242. The van der Waals surface area contributed by atoms with E-state index in [0.29, 0.717) is 25.5 Å². The van der Waals surface area contributed by atoms with Gasteiger partial charge in [-0.15, -0.1) is 0 Å². The van der Waals surface area contributed by atoms with Crippen molar-refractivity contribution in [2.45, 2.75) is 13.2 Å². The van der Waals surface area contributed by atoms with Crippen LogP contribution < -0.4 is 10.1 Å². The first-order chi connectivity index (χ1) is 10.3. The molecule has 0 saturated heterocycles. The third kappa shape index (κ3) is 5.41. The number of hydrogen-bond acceptors (Lipinski definition) is 5. The predicted octanol–water partition coefficient (Wildman–Crippen LogP) is 2.10. The zero-order valence-corrected chi connectivity index (χ0v) is 12.1. The van der Waals surface area contributed by atoms with Gasteiger partial charge in [-0.05, 0) is 29.8 Å². The van der Waals surface area contributed by atoms with Crippen LogP contribution in [0.15, 0.2) is 42.6 Å². The van der Waals surface area contributed by atoms with Crippen LogP contribution in [-0.2, 0) is 17.9 Å². The molecule has 112 valence electrons. The molecule has 5 heteroatoms. The van der Waals surface area contributed by atoms with E-state index in [1.54, 1.807) is 31.5 Å². The Morgan fingerprint density at radius 3 is 2.86 bits per heavy atom. The number of ether oxygens (including phenoxy) is 2. The summed E-state index contributed by atoms with van der Waals surface area (Å²) < 4.78 is 10.6. The summed E-state index contributed by atoms with van der Waals surface area (Å²) in [5, 5.41) is 12.6. The molecule has 0 radical (unpaired) electrons. The van der Waals surface area contributed by atoms with Gasteiger partial charge >= 0.3 is 0 Å². The molecule has 5 nitrogen and oxygen atoms in total. The van der Waals surface area contributed by atoms with Gasteiger partial charge in [0.05, 0.1) is 18.5 Å². The van der Waals surface area contributed by atoms with Crippen LogP contribution in [0.1, 0.15) is 11.3 Å². The lowest BCUT2D eigenvalue weighted by Crippen LogP contribution is -2.19. The first-order valence-electron chi connectivity index (χ1n) is 6.83. The summed E-state index contributed by atoms with van der Waals surface area (Å²) >= 11 is 0. The van der Waals surface area contributed by atoms with Crippen molar-refractivity contribution < 1.29 is 14.6 Å². The number of rotatable bonds is 8. The molecule has 0 amide bonds. The quantitative estimate of drug-likeness (QED) is 0.728. The van der Waals surface area contributed by atoms with Crippen molar-refractivity contribution in [2.24, 2.45) is 0 Å². The number of phenols is 1. The highest BCUT2D eigenvalue weighted by molar-refractivity contribution is 5.27. The van der Waals surface area contributed by atoms with Gasteiger partial charge in [-0.25, -0.2) is 0 Å². The molecule has 0 spiro atoms. The van der Waals surface area contributed by atoms with Gasteiger partial charge in [0, 0.05) is 20.2 Å². The van der Waals surface area contributed by atoms with E-state index in [4.69, 9.17) is 9.47 Å². The zero-order valence-electron chi connectivity index (χ0n) is 12.1. The number of pyridine rings is 1. The molecule has 2 N–H and O–H groups in total. The molecular formula is C16H20N2O3. The van der Waals surface area contributed by atoms with Gasteiger partial charge in [0.2, 0.25) is 0 Å². The van der Waals surface area contributed by atoms with E-state index in [2.05, 4.69) is 10.3 Å². The molecule has 2 rings (SSSR count). The highest BCUT2D eigenvalue weighted by atomic mass is 16.5. The first-order valence-corrected chi connectivity index (χ1v) is 6.83. The molecule has 0 aliphatic carbocycles. The van der Waals surface area contributed by atoms with Gasteiger partial charge < -0.3 is 19.9 Å². The Balaban J connectivity index is 1.79. The van der Waals surface area contributed by atoms with Crippen LogP contribution in [0.3, 0.4) is 0 Å². The van der Waals surface area contributed by atoms with Gasteiger partial charge in [-0.3, -0.25) is 4.98 Å². The summed E-state index contributed by atoms with van der Waals surface area (Å²) in [5.74, 6) is 0.950. The lowest BCUT2D eigenvalue weighted by molar-refractivity contribution is 0.199. The molecule has 0 atom stereocenters. The Hall–Kier alpha value is -2.11. The second-order valence-corrected chi connectivity index (χ2v) is 4.61. The third-order valence-corrected chi connectivity index (χ3v) is 2.90. The molecule has 1 aromatic heterocycles. The minimum Gasteiger partial charge on any atom is -0.508 e. The maximum Gasteiger partial charge on any atom is 0.138 e. The standard InChI is InChI=1S/C16H20N2O3/c1-20-8-7-17-10-14-5-6-16(11-18-14)21-12-13-3-2-4-15(19)9-13/h2-6,9,11,17,19H,7-8,10,12H2,1H3. The average Bonchev–Trinajstić information content (AvgIpc) is 2.51. The van der Waals surface area contributed by atoms with Crippen molar-refractivity contribution in [3.05, 3.63) is 53.9 Å². The Labute approximate surface area is 124 Å². The Morgan fingerprint density at radius 1 is 1.24 bits per heavy atom. The molecule has 0 fully saturated rings. The third-order valence-electron chi connectivity index (χ3n) is 2.90. The van der Waals surface area contributed by atoms with E-state index in [0.717, 1.165) is 17.8 Å². The summed E-state index contributed by atoms with van der Waals surface area (Å²) in [5.41, 5.74) is 1.87. The number of nitrogens with one attached hydrogen (secondary N) is 1.